The largest absolute Gasteiger partial charge is 0.465 e. The van der Waals surface area contributed by atoms with Crippen molar-refractivity contribution in [1.29, 1.82) is 0 Å². The van der Waals surface area contributed by atoms with Gasteiger partial charge in [0, 0.05) is 23.1 Å². The molecule has 2 atom stereocenters. The Hall–Kier alpha value is -0.860. The van der Waals surface area contributed by atoms with Crippen LogP contribution in [0, 0.1) is 0 Å². The fourth-order valence-corrected chi connectivity index (χ4v) is 5.15. The molecule has 2 N–H and O–H groups in total. The van der Waals surface area contributed by atoms with E-state index in [2.05, 4.69) is 14.8 Å². The van der Waals surface area contributed by atoms with E-state index in [0.29, 0.717) is 12.1 Å². The molecule has 2 aliphatic rings. The number of ether oxygens (including phenoxy) is 1. The van der Waals surface area contributed by atoms with E-state index in [1.165, 1.54) is 25.3 Å². The molecule has 0 saturated carbocycles. The quantitative estimate of drug-likeness (QED) is 0.763. The van der Waals surface area contributed by atoms with Crippen molar-refractivity contribution in [2.45, 2.75) is 48.7 Å². The number of fused-ring (bicyclic) bond motifs is 2. The topological polar surface area (TPSA) is 84.5 Å². The number of benzene rings is 1. The average molecular weight is 395 g/mol. The first-order chi connectivity index (χ1) is 10.9. The van der Waals surface area contributed by atoms with Crippen molar-refractivity contribution in [3.8, 4) is 0 Å². The van der Waals surface area contributed by atoms with Gasteiger partial charge in [0.15, 0.2) is 0 Å². The SMILES string of the molecule is COC(=O)c1ccc(Cl)cc1S(=O)(=O)NC1CC2CCC(C1)N2.Cl. The maximum absolute atomic E-state index is 12.7. The number of nitrogens with one attached hydrogen (secondary N) is 2. The molecule has 0 aromatic heterocycles. The van der Waals surface area contributed by atoms with Crippen LogP contribution < -0.4 is 10.0 Å². The molecule has 0 radical (unpaired) electrons. The molecule has 0 spiro atoms. The number of hydrogen-bond acceptors (Lipinski definition) is 5. The van der Waals surface area contributed by atoms with Crippen molar-refractivity contribution < 1.29 is 17.9 Å². The molecular formula is C15H20Cl2N2O4S. The summed E-state index contributed by atoms with van der Waals surface area (Å²) in [6, 6.07) is 4.71. The number of carbonyl (C=O) groups excluding carboxylic acids is 1. The summed E-state index contributed by atoms with van der Waals surface area (Å²) in [5.74, 6) is -0.701. The molecule has 2 aliphatic heterocycles. The molecule has 2 fully saturated rings. The van der Waals surface area contributed by atoms with Gasteiger partial charge in [-0.1, -0.05) is 11.6 Å². The van der Waals surface area contributed by atoms with E-state index in [1.54, 1.807) is 0 Å². The Bertz CT molecular complexity index is 714. The number of rotatable bonds is 4. The predicted molar refractivity (Wildman–Crippen MR) is 93.3 cm³/mol. The highest BCUT2D eigenvalue weighted by Crippen LogP contribution is 2.29. The fourth-order valence-electron chi connectivity index (χ4n) is 3.43. The minimum Gasteiger partial charge on any atom is -0.465 e. The number of halogens is 2. The number of methoxy groups -OCH3 is 1. The number of piperidine rings is 1. The van der Waals surface area contributed by atoms with Crippen LogP contribution in [0.1, 0.15) is 36.0 Å². The monoisotopic (exact) mass is 394 g/mol. The van der Waals surface area contributed by atoms with Gasteiger partial charge in [0.05, 0.1) is 17.6 Å². The lowest BCUT2D eigenvalue weighted by molar-refractivity contribution is 0.0596. The summed E-state index contributed by atoms with van der Waals surface area (Å²) in [5, 5.41) is 3.72. The standard InChI is InChI=1S/C15H19ClN2O4S.ClH/c1-22-15(19)13-5-2-9(16)6-14(13)23(20,21)18-12-7-10-3-4-11(8-12)17-10;/h2,5-6,10-12,17-18H,3-4,7-8H2,1H3;1H. The molecule has 6 nitrogen and oxygen atoms in total. The number of esters is 1. The summed E-state index contributed by atoms with van der Waals surface area (Å²) in [5.41, 5.74) is -0.0127. The average Bonchev–Trinajstić information content (AvgIpc) is 2.85. The second kappa shape index (κ2) is 7.58. The first-order valence-electron chi connectivity index (χ1n) is 7.55. The highest BCUT2D eigenvalue weighted by Gasteiger charge is 2.36. The molecule has 24 heavy (non-hydrogen) atoms. The first kappa shape index (κ1) is 19.5. The maximum Gasteiger partial charge on any atom is 0.339 e. The predicted octanol–water partition coefficient (Wildman–Crippen LogP) is 2.11. The zero-order valence-electron chi connectivity index (χ0n) is 13.1. The Kier molecular flexibility index (Phi) is 6.14. The van der Waals surface area contributed by atoms with Crippen LogP contribution in [0.3, 0.4) is 0 Å². The van der Waals surface area contributed by atoms with Gasteiger partial charge >= 0.3 is 5.97 Å². The second-order valence-electron chi connectivity index (χ2n) is 6.06. The van der Waals surface area contributed by atoms with Crippen LogP contribution in [0.5, 0.6) is 0 Å². The van der Waals surface area contributed by atoms with Gasteiger partial charge in [-0.2, -0.15) is 0 Å². The Morgan fingerprint density at radius 3 is 2.50 bits per heavy atom. The van der Waals surface area contributed by atoms with Crippen molar-refractivity contribution >= 4 is 40.0 Å². The molecule has 1 aromatic carbocycles. The number of carbonyl (C=O) groups is 1. The molecule has 0 amide bonds. The van der Waals surface area contributed by atoms with E-state index < -0.39 is 16.0 Å². The molecule has 2 saturated heterocycles. The van der Waals surface area contributed by atoms with Crippen LogP contribution in [0.25, 0.3) is 0 Å². The number of sulfonamides is 1. The van der Waals surface area contributed by atoms with Gasteiger partial charge in [-0.25, -0.2) is 17.9 Å². The molecule has 2 heterocycles. The number of hydrogen-bond donors (Lipinski definition) is 2. The zero-order valence-corrected chi connectivity index (χ0v) is 15.5. The molecule has 9 heteroatoms. The molecule has 1 aromatic rings. The lowest BCUT2D eigenvalue weighted by Gasteiger charge is -2.29. The minimum absolute atomic E-state index is 0. The van der Waals surface area contributed by atoms with Crippen LogP contribution in [0.4, 0.5) is 0 Å². The molecule has 0 aliphatic carbocycles. The summed E-state index contributed by atoms with van der Waals surface area (Å²) in [7, 11) is -2.64. The van der Waals surface area contributed by atoms with Gasteiger partial charge < -0.3 is 10.1 Å². The summed E-state index contributed by atoms with van der Waals surface area (Å²) >= 11 is 5.92. The second-order valence-corrected chi connectivity index (χ2v) is 8.18. The van der Waals surface area contributed by atoms with E-state index in [9.17, 15) is 13.2 Å². The van der Waals surface area contributed by atoms with Gasteiger partial charge in [-0.3, -0.25) is 0 Å². The van der Waals surface area contributed by atoms with Gasteiger partial charge in [-0.15, -0.1) is 12.4 Å². The fraction of sp³-hybridized carbons (Fsp3) is 0.533. The highest BCUT2D eigenvalue weighted by molar-refractivity contribution is 7.89. The third kappa shape index (κ3) is 4.03. The van der Waals surface area contributed by atoms with Gasteiger partial charge in [0.25, 0.3) is 0 Å². The Labute approximate surface area is 152 Å². The third-order valence-corrected chi connectivity index (χ3v) is 6.23. The smallest absolute Gasteiger partial charge is 0.339 e. The van der Waals surface area contributed by atoms with Gasteiger partial charge in [0.2, 0.25) is 10.0 Å². The lowest BCUT2D eigenvalue weighted by atomic mass is 10.0. The lowest BCUT2D eigenvalue weighted by Crippen LogP contribution is -2.48. The summed E-state index contributed by atoms with van der Waals surface area (Å²) < 4.78 is 32.8. The normalized spacial score (nSPS) is 25.8. The summed E-state index contributed by atoms with van der Waals surface area (Å²) in [4.78, 5) is 11.7. The first-order valence-corrected chi connectivity index (χ1v) is 9.41. The van der Waals surface area contributed by atoms with Crippen LogP contribution in [0.15, 0.2) is 23.1 Å². The molecule has 2 bridgehead atoms. The zero-order chi connectivity index (χ0) is 16.6. The van der Waals surface area contributed by atoms with E-state index >= 15 is 0 Å². The maximum atomic E-state index is 12.7. The Balaban J connectivity index is 0.00000208. The van der Waals surface area contributed by atoms with Crippen molar-refractivity contribution in [2.24, 2.45) is 0 Å². The van der Waals surface area contributed by atoms with Gasteiger partial charge in [-0.05, 0) is 43.9 Å². The van der Waals surface area contributed by atoms with Crippen molar-refractivity contribution in [3.05, 3.63) is 28.8 Å². The van der Waals surface area contributed by atoms with Crippen molar-refractivity contribution in [1.82, 2.24) is 10.0 Å². The minimum atomic E-state index is -3.85. The highest BCUT2D eigenvalue weighted by atomic mass is 35.5. The Morgan fingerprint density at radius 1 is 1.29 bits per heavy atom. The third-order valence-electron chi connectivity index (χ3n) is 4.43. The molecule has 2 unspecified atom stereocenters. The van der Waals surface area contributed by atoms with Gasteiger partial charge in [0.1, 0.15) is 0 Å². The van der Waals surface area contributed by atoms with E-state index in [4.69, 9.17) is 11.6 Å². The van der Waals surface area contributed by atoms with Crippen LogP contribution >= 0.6 is 24.0 Å². The van der Waals surface area contributed by atoms with Crippen molar-refractivity contribution in [3.63, 3.8) is 0 Å². The molecular weight excluding hydrogens is 375 g/mol. The Morgan fingerprint density at radius 2 is 1.92 bits per heavy atom. The summed E-state index contributed by atoms with van der Waals surface area (Å²) in [6.07, 6.45) is 3.66. The van der Waals surface area contributed by atoms with Crippen LogP contribution in [0.2, 0.25) is 5.02 Å². The molecule has 134 valence electrons. The molecule has 3 rings (SSSR count). The summed E-state index contributed by atoms with van der Waals surface area (Å²) in [6.45, 7) is 0. The van der Waals surface area contributed by atoms with E-state index in [1.807, 2.05) is 0 Å². The van der Waals surface area contributed by atoms with Crippen LogP contribution in [-0.2, 0) is 14.8 Å². The van der Waals surface area contributed by atoms with E-state index in [-0.39, 0.29) is 33.9 Å². The van der Waals surface area contributed by atoms with Crippen molar-refractivity contribution in [2.75, 3.05) is 7.11 Å². The van der Waals surface area contributed by atoms with E-state index in [0.717, 1.165) is 25.7 Å². The van der Waals surface area contributed by atoms with Crippen LogP contribution in [-0.4, -0.2) is 39.6 Å².